The van der Waals surface area contributed by atoms with E-state index in [-0.39, 0.29) is 11.5 Å². The van der Waals surface area contributed by atoms with Gasteiger partial charge in [-0.05, 0) is 32.4 Å². The maximum absolute atomic E-state index is 13.6. The fourth-order valence-electron chi connectivity index (χ4n) is 3.21. The quantitative estimate of drug-likeness (QED) is 0.771. The maximum atomic E-state index is 13.6. The number of halogens is 1. The first-order chi connectivity index (χ1) is 9.16. The van der Waals surface area contributed by atoms with Crippen molar-refractivity contribution in [3.63, 3.8) is 0 Å². The van der Waals surface area contributed by atoms with Crippen molar-refractivity contribution in [3.8, 4) is 0 Å². The van der Waals surface area contributed by atoms with Crippen molar-refractivity contribution in [1.82, 2.24) is 14.8 Å². The summed E-state index contributed by atoms with van der Waals surface area (Å²) in [6.45, 7) is 1.42. The summed E-state index contributed by atoms with van der Waals surface area (Å²) in [4.78, 5) is 20.2. The maximum Gasteiger partial charge on any atom is 0.256 e. The molecule has 2 bridgehead atoms. The molecule has 102 valence electrons. The molecule has 19 heavy (non-hydrogen) atoms. The van der Waals surface area contributed by atoms with Gasteiger partial charge in [-0.15, -0.1) is 0 Å². The Bertz CT molecular complexity index is 493. The third-order valence-corrected chi connectivity index (χ3v) is 4.44. The summed E-state index contributed by atoms with van der Waals surface area (Å²) in [5.74, 6) is -0.740. The Morgan fingerprint density at radius 1 is 1.37 bits per heavy atom. The molecule has 0 aromatic carbocycles. The van der Waals surface area contributed by atoms with Gasteiger partial charge in [-0.2, -0.15) is 0 Å². The van der Waals surface area contributed by atoms with Crippen molar-refractivity contribution < 1.29 is 9.18 Å². The molecule has 0 N–H and O–H groups in total. The summed E-state index contributed by atoms with van der Waals surface area (Å²) >= 11 is 0. The molecule has 1 aromatic rings. The highest BCUT2D eigenvalue weighted by atomic mass is 19.1. The van der Waals surface area contributed by atoms with E-state index in [0.717, 1.165) is 19.0 Å². The number of carbonyl (C=O) groups is 1. The number of likely N-dealkylation sites (tertiary alicyclic amines) is 1. The Balaban J connectivity index is 1.80. The van der Waals surface area contributed by atoms with Gasteiger partial charge in [0.2, 0.25) is 0 Å². The van der Waals surface area contributed by atoms with E-state index in [9.17, 15) is 9.18 Å². The molecule has 2 unspecified atom stereocenters. The predicted octanol–water partition coefficient (Wildman–Crippen LogP) is 1.53. The molecule has 5 heteroatoms. The van der Waals surface area contributed by atoms with Crippen LogP contribution in [0.2, 0.25) is 0 Å². The Morgan fingerprint density at radius 3 is 2.95 bits per heavy atom. The zero-order chi connectivity index (χ0) is 13.4. The van der Waals surface area contributed by atoms with Crippen LogP contribution in [-0.4, -0.2) is 52.9 Å². The summed E-state index contributed by atoms with van der Waals surface area (Å²) in [5, 5.41) is 0. The van der Waals surface area contributed by atoms with E-state index in [1.165, 1.54) is 18.7 Å². The van der Waals surface area contributed by atoms with Crippen LogP contribution in [0.15, 0.2) is 18.5 Å². The minimum absolute atomic E-state index is 0.135. The van der Waals surface area contributed by atoms with Gasteiger partial charge in [-0.3, -0.25) is 14.7 Å². The van der Waals surface area contributed by atoms with Crippen LogP contribution in [0.25, 0.3) is 0 Å². The third kappa shape index (κ3) is 2.23. The highest BCUT2D eigenvalue weighted by molar-refractivity contribution is 5.94. The Hall–Kier alpha value is -1.49. The van der Waals surface area contributed by atoms with Gasteiger partial charge in [-0.25, -0.2) is 4.39 Å². The van der Waals surface area contributed by atoms with Crippen molar-refractivity contribution in [2.24, 2.45) is 0 Å². The molecule has 4 nitrogen and oxygen atoms in total. The largest absolute Gasteiger partial charge is 0.337 e. The second-order valence-electron chi connectivity index (χ2n) is 5.45. The third-order valence-electron chi connectivity index (χ3n) is 4.44. The van der Waals surface area contributed by atoms with Gasteiger partial charge in [-0.1, -0.05) is 0 Å². The fourth-order valence-corrected chi connectivity index (χ4v) is 3.21. The topological polar surface area (TPSA) is 36.4 Å². The number of carbonyl (C=O) groups excluding carboxylic acids is 1. The first-order valence-electron chi connectivity index (χ1n) is 6.77. The van der Waals surface area contributed by atoms with Gasteiger partial charge in [0, 0.05) is 31.4 Å². The Kier molecular flexibility index (Phi) is 3.22. The summed E-state index contributed by atoms with van der Waals surface area (Å²) < 4.78 is 13.6. The van der Waals surface area contributed by atoms with Crippen LogP contribution in [0.4, 0.5) is 4.39 Å². The number of nitrogens with zero attached hydrogens (tertiary/aromatic N) is 3. The van der Waals surface area contributed by atoms with E-state index in [1.807, 2.05) is 0 Å². The van der Waals surface area contributed by atoms with Crippen LogP contribution in [-0.2, 0) is 0 Å². The molecule has 2 fully saturated rings. The second-order valence-corrected chi connectivity index (χ2v) is 5.45. The molecule has 2 aliphatic heterocycles. The highest BCUT2D eigenvalue weighted by Crippen LogP contribution is 2.29. The summed E-state index contributed by atoms with van der Waals surface area (Å²) in [6, 6.07) is 2.45. The van der Waals surface area contributed by atoms with Gasteiger partial charge in [0.25, 0.3) is 5.91 Å². The number of fused-ring (bicyclic) bond motifs is 2. The van der Waals surface area contributed by atoms with Crippen molar-refractivity contribution >= 4 is 5.91 Å². The molecular formula is C14H18FN3O. The lowest BCUT2D eigenvalue weighted by Crippen LogP contribution is -2.40. The standard InChI is InChI=1S/C14H18FN3O/c1-17-10-2-3-11(17)9-18(7-5-10)14(19)12-4-6-16-8-13(12)15/h4,6,8,10-11H,2-3,5,7,9H2,1H3. The highest BCUT2D eigenvalue weighted by Gasteiger charge is 2.36. The number of hydrogen-bond acceptors (Lipinski definition) is 3. The molecule has 2 atom stereocenters. The minimum atomic E-state index is -0.532. The first kappa shape index (κ1) is 12.5. The van der Waals surface area contributed by atoms with Crippen molar-refractivity contribution in [2.75, 3.05) is 20.1 Å². The lowest BCUT2D eigenvalue weighted by Gasteiger charge is -2.25. The van der Waals surface area contributed by atoms with E-state index < -0.39 is 5.82 Å². The SMILES string of the molecule is CN1C2CCC1CN(C(=O)c1ccncc1F)CC2. The van der Waals surface area contributed by atoms with E-state index >= 15 is 0 Å². The second kappa shape index (κ2) is 4.89. The molecule has 1 aromatic heterocycles. The lowest BCUT2D eigenvalue weighted by atomic mass is 10.1. The van der Waals surface area contributed by atoms with Gasteiger partial charge < -0.3 is 4.90 Å². The number of hydrogen-bond donors (Lipinski definition) is 0. The number of aromatic nitrogens is 1. The molecule has 1 amide bonds. The summed E-state index contributed by atoms with van der Waals surface area (Å²) in [7, 11) is 2.13. The molecule has 2 aliphatic rings. The molecule has 0 saturated carbocycles. The van der Waals surface area contributed by atoms with Crippen LogP contribution < -0.4 is 0 Å². The van der Waals surface area contributed by atoms with E-state index in [4.69, 9.17) is 0 Å². The molecule has 3 rings (SSSR count). The van der Waals surface area contributed by atoms with E-state index in [1.54, 1.807) is 4.90 Å². The molecule has 0 radical (unpaired) electrons. The van der Waals surface area contributed by atoms with Crippen molar-refractivity contribution in [2.45, 2.75) is 31.3 Å². The van der Waals surface area contributed by atoms with E-state index in [0.29, 0.717) is 25.2 Å². The Morgan fingerprint density at radius 2 is 2.16 bits per heavy atom. The molecule has 3 heterocycles. The number of rotatable bonds is 1. The van der Waals surface area contributed by atoms with Gasteiger partial charge in [0.1, 0.15) is 0 Å². The van der Waals surface area contributed by atoms with Crippen LogP contribution in [0.1, 0.15) is 29.6 Å². The zero-order valence-corrected chi connectivity index (χ0v) is 11.1. The predicted molar refractivity (Wildman–Crippen MR) is 69.3 cm³/mol. The van der Waals surface area contributed by atoms with E-state index in [2.05, 4.69) is 16.9 Å². The van der Waals surface area contributed by atoms with Crippen LogP contribution in [0.3, 0.4) is 0 Å². The average Bonchev–Trinajstić information content (AvgIpc) is 2.63. The fraction of sp³-hybridized carbons (Fsp3) is 0.571. The molecular weight excluding hydrogens is 245 g/mol. The lowest BCUT2D eigenvalue weighted by molar-refractivity contribution is 0.0735. The first-order valence-corrected chi connectivity index (χ1v) is 6.77. The monoisotopic (exact) mass is 263 g/mol. The molecule has 0 aliphatic carbocycles. The molecule has 2 saturated heterocycles. The van der Waals surface area contributed by atoms with Crippen LogP contribution in [0.5, 0.6) is 0 Å². The summed E-state index contributed by atoms with van der Waals surface area (Å²) in [6.07, 6.45) is 5.89. The summed E-state index contributed by atoms with van der Waals surface area (Å²) in [5.41, 5.74) is 0.135. The minimum Gasteiger partial charge on any atom is -0.337 e. The average molecular weight is 263 g/mol. The van der Waals surface area contributed by atoms with Crippen LogP contribution in [0, 0.1) is 5.82 Å². The van der Waals surface area contributed by atoms with Crippen molar-refractivity contribution in [1.29, 1.82) is 0 Å². The van der Waals surface area contributed by atoms with Gasteiger partial charge >= 0.3 is 0 Å². The number of likely N-dealkylation sites (N-methyl/N-ethyl adjacent to an activating group) is 1. The smallest absolute Gasteiger partial charge is 0.256 e. The van der Waals surface area contributed by atoms with Crippen molar-refractivity contribution in [3.05, 3.63) is 29.8 Å². The Labute approximate surface area is 112 Å². The molecule has 0 spiro atoms. The number of pyridine rings is 1. The zero-order valence-electron chi connectivity index (χ0n) is 11.1. The van der Waals surface area contributed by atoms with Gasteiger partial charge in [0.05, 0.1) is 11.8 Å². The number of amides is 1. The van der Waals surface area contributed by atoms with Gasteiger partial charge in [0.15, 0.2) is 5.82 Å². The normalized spacial score (nSPS) is 27.4. The van der Waals surface area contributed by atoms with Crippen LogP contribution >= 0.6 is 0 Å².